The first-order valence-corrected chi connectivity index (χ1v) is 11.7. The van der Waals surface area contributed by atoms with Gasteiger partial charge in [0.1, 0.15) is 11.9 Å². The van der Waals surface area contributed by atoms with Crippen LogP contribution in [0.1, 0.15) is 60.4 Å². The molecule has 0 aromatic heterocycles. The first-order chi connectivity index (χ1) is 16.4. The number of hydrogen-bond acceptors (Lipinski definition) is 5. The minimum Gasteiger partial charge on any atom is -0.465 e. The Morgan fingerprint density at radius 2 is 1.71 bits per heavy atom. The van der Waals surface area contributed by atoms with E-state index in [-0.39, 0.29) is 48.3 Å². The number of likely N-dealkylation sites (tertiary alicyclic amines) is 1. The number of methoxy groups -OCH3 is 1. The molecule has 2 amide bonds. The summed E-state index contributed by atoms with van der Waals surface area (Å²) in [6.07, 6.45) is 0.275. The Morgan fingerprint density at radius 3 is 2.29 bits per heavy atom. The van der Waals surface area contributed by atoms with Crippen LogP contribution in [0.2, 0.25) is 0 Å². The second-order valence-electron chi connectivity index (χ2n) is 10.0. The molecule has 2 aromatic carbocycles. The van der Waals surface area contributed by atoms with Gasteiger partial charge in [-0.15, -0.1) is 0 Å². The number of halogens is 1. The van der Waals surface area contributed by atoms with Gasteiger partial charge in [-0.1, -0.05) is 45.9 Å². The van der Waals surface area contributed by atoms with Gasteiger partial charge in [-0.2, -0.15) is 0 Å². The zero-order valence-corrected chi connectivity index (χ0v) is 20.8. The predicted molar refractivity (Wildman–Crippen MR) is 129 cm³/mol. The van der Waals surface area contributed by atoms with Crippen LogP contribution in [-0.2, 0) is 15.1 Å². The summed E-state index contributed by atoms with van der Waals surface area (Å²) in [5.41, 5.74) is -0.863. The molecule has 1 aliphatic rings. The molecule has 0 spiro atoms. The molecule has 1 aliphatic heterocycles. The van der Waals surface area contributed by atoms with Crippen molar-refractivity contribution in [1.82, 2.24) is 10.2 Å². The Balaban J connectivity index is 1.77. The van der Waals surface area contributed by atoms with E-state index in [1.807, 2.05) is 27.7 Å². The number of carbonyl (C=O) groups excluding carboxylic acids is 3. The van der Waals surface area contributed by atoms with Gasteiger partial charge >= 0.3 is 5.97 Å². The van der Waals surface area contributed by atoms with Gasteiger partial charge in [0.25, 0.3) is 5.91 Å². The molecule has 188 valence electrons. The molecule has 0 unspecified atom stereocenters. The Bertz CT molecular complexity index is 1100. The highest BCUT2D eigenvalue weighted by Crippen LogP contribution is 2.46. The van der Waals surface area contributed by atoms with Gasteiger partial charge in [-0.3, -0.25) is 9.59 Å². The Morgan fingerprint density at radius 1 is 1.09 bits per heavy atom. The van der Waals surface area contributed by atoms with E-state index in [1.54, 1.807) is 35.2 Å². The van der Waals surface area contributed by atoms with Crippen molar-refractivity contribution in [2.45, 2.75) is 45.8 Å². The maximum atomic E-state index is 13.5. The number of hydrogen-bond donors (Lipinski definition) is 2. The summed E-state index contributed by atoms with van der Waals surface area (Å²) in [6.45, 7) is 7.98. The third-order valence-electron chi connectivity index (χ3n) is 6.85. The maximum absolute atomic E-state index is 13.5. The SMILES string of the molecule is COC(=O)c1cccc(C(=O)N[C@@H](C(=O)N2CC[C@](O)(c3ccc(F)cc3)C(C)(C)C2)C(C)C)c1. The number of nitrogens with one attached hydrogen (secondary N) is 1. The number of piperidine rings is 1. The lowest BCUT2D eigenvalue weighted by atomic mass is 9.66. The van der Waals surface area contributed by atoms with Crippen molar-refractivity contribution in [3.63, 3.8) is 0 Å². The van der Waals surface area contributed by atoms with E-state index in [0.29, 0.717) is 5.56 Å². The molecule has 0 aliphatic carbocycles. The fourth-order valence-corrected chi connectivity index (χ4v) is 4.61. The summed E-state index contributed by atoms with van der Waals surface area (Å²) >= 11 is 0. The molecular weight excluding hydrogens is 451 g/mol. The van der Waals surface area contributed by atoms with E-state index >= 15 is 0 Å². The number of nitrogens with zero attached hydrogens (tertiary/aromatic N) is 1. The highest BCUT2D eigenvalue weighted by atomic mass is 19.1. The highest BCUT2D eigenvalue weighted by molar-refractivity contribution is 6.00. The van der Waals surface area contributed by atoms with Crippen LogP contribution in [-0.4, -0.2) is 54.0 Å². The van der Waals surface area contributed by atoms with Gasteiger partial charge in [0, 0.05) is 24.1 Å². The first kappa shape index (κ1) is 26.3. The van der Waals surface area contributed by atoms with Gasteiger partial charge in [-0.05, 0) is 48.2 Å². The van der Waals surface area contributed by atoms with Gasteiger partial charge < -0.3 is 20.1 Å². The van der Waals surface area contributed by atoms with E-state index < -0.39 is 28.9 Å². The molecule has 1 heterocycles. The zero-order valence-electron chi connectivity index (χ0n) is 20.8. The molecule has 35 heavy (non-hydrogen) atoms. The van der Waals surface area contributed by atoms with Crippen LogP contribution in [0.15, 0.2) is 48.5 Å². The lowest BCUT2D eigenvalue weighted by molar-refractivity contribution is -0.155. The summed E-state index contributed by atoms with van der Waals surface area (Å²) in [4.78, 5) is 39.9. The number of esters is 1. The number of carbonyl (C=O) groups is 3. The van der Waals surface area contributed by atoms with Crippen LogP contribution in [0.4, 0.5) is 4.39 Å². The Kier molecular flexibility index (Phi) is 7.65. The molecule has 0 radical (unpaired) electrons. The molecule has 3 rings (SSSR count). The van der Waals surface area contributed by atoms with Crippen LogP contribution in [0.25, 0.3) is 0 Å². The molecule has 1 fully saturated rings. The summed E-state index contributed by atoms with van der Waals surface area (Å²) in [7, 11) is 1.26. The zero-order chi connectivity index (χ0) is 26.0. The molecule has 0 saturated carbocycles. The number of aliphatic hydroxyl groups is 1. The van der Waals surface area contributed by atoms with Crippen LogP contribution in [0, 0.1) is 17.2 Å². The third kappa shape index (κ3) is 5.37. The standard InChI is InChI=1S/C27H33FN2O5/c1-17(2)22(29-23(31)18-7-6-8-19(15-18)25(33)35-5)24(32)30-14-13-27(34,26(3,4)16-30)20-9-11-21(28)12-10-20/h6-12,15,17,22,34H,13-14,16H2,1-5H3,(H,29,31)/t22-,27+/m1/s1. The number of ether oxygens (including phenoxy) is 1. The van der Waals surface area contributed by atoms with E-state index in [2.05, 4.69) is 5.32 Å². The van der Waals surface area contributed by atoms with Crippen LogP contribution in [0.3, 0.4) is 0 Å². The van der Waals surface area contributed by atoms with Gasteiger partial charge in [0.15, 0.2) is 0 Å². The number of amides is 2. The first-order valence-electron chi connectivity index (χ1n) is 11.7. The second kappa shape index (κ2) is 10.2. The molecule has 8 heteroatoms. The Labute approximate surface area is 205 Å². The van der Waals surface area contributed by atoms with Crippen LogP contribution < -0.4 is 5.32 Å². The van der Waals surface area contributed by atoms with Crippen molar-refractivity contribution in [2.75, 3.05) is 20.2 Å². The predicted octanol–water partition coefficient (Wildman–Crippen LogP) is 3.51. The minimum absolute atomic E-state index is 0.198. The van der Waals surface area contributed by atoms with E-state index in [1.165, 1.54) is 25.3 Å². The summed E-state index contributed by atoms with van der Waals surface area (Å²) < 4.78 is 18.1. The monoisotopic (exact) mass is 484 g/mol. The second-order valence-corrected chi connectivity index (χ2v) is 10.0. The van der Waals surface area contributed by atoms with Crippen molar-refractivity contribution in [2.24, 2.45) is 11.3 Å². The molecule has 2 N–H and O–H groups in total. The quantitative estimate of drug-likeness (QED) is 0.612. The molecule has 2 atom stereocenters. The molecule has 2 aromatic rings. The van der Waals surface area contributed by atoms with E-state index in [9.17, 15) is 23.9 Å². The minimum atomic E-state index is -1.23. The van der Waals surface area contributed by atoms with E-state index in [0.717, 1.165) is 0 Å². The lowest BCUT2D eigenvalue weighted by Crippen LogP contribution is -2.60. The third-order valence-corrected chi connectivity index (χ3v) is 6.85. The fraction of sp³-hybridized carbons (Fsp3) is 0.444. The smallest absolute Gasteiger partial charge is 0.337 e. The largest absolute Gasteiger partial charge is 0.465 e. The molecular formula is C27H33FN2O5. The van der Waals surface area contributed by atoms with E-state index in [4.69, 9.17) is 4.74 Å². The van der Waals surface area contributed by atoms with Gasteiger partial charge in [0.05, 0.1) is 18.3 Å². The average molecular weight is 485 g/mol. The summed E-state index contributed by atoms with van der Waals surface area (Å²) in [6, 6.07) is 11.1. The molecule has 1 saturated heterocycles. The molecule has 0 bridgehead atoms. The highest BCUT2D eigenvalue weighted by Gasteiger charge is 2.50. The number of benzene rings is 2. The Hall–Kier alpha value is -3.26. The lowest BCUT2D eigenvalue weighted by Gasteiger charge is -2.51. The average Bonchev–Trinajstić information content (AvgIpc) is 2.83. The molecule has 7 nitrogen and oxygen atoms in total. The van der Waals surface area contributed by atoms with Crippen LogP contribution in [0.5, 0.6) is 0 Å². The fourth-order valence-electron chi connectivity index (χ4n) is 4.61. The van der Waals surface area contributed by atoms with Crippen molar-refractivity contribution < 1.29 is 28.6 Å². The normalized spacial score (nSPS) is 20.3. The van der Waals surface area contributed by atoms with Gasteiger partial charge in [-0.25, -0.2) is 9.18 Å². The van der Waals surface area contributed by atoms with Crippen LogP contribution >= 0.6 is 0 Å². The number of rotatable bonds is 6. The van der Waals surface area contributed by atoms with Crippen molar-refractivity contribution >= 4 is 17.8 Å². The maximum Gasteiger partial charge on any atom is 0.337 e. The van der Waals surface area contributed by atoms with Crippen molar-refractivity contribution in [3.8, 4) is 0 Å². The van der Waals surface area contributed by atoms with Gasteiger partial charge in [0.2, 0.25) is 5.91 Å². The van der Waals surface area contributed by atoms with Crippen molar-refractivity contribution in [1.29, 1.82) is 0 Å². The summed E-state index contributed by atoms with van der Waals surface area (Å²) in [5, 5.41) is 14.3. The topological polar surface area (TPSA) is 95.9 Å². The summed E-state index contributed by atoms with van der Waals surface area (Å²) in [5.74, 6) is -1.85. The van der Waals surface area contributed by atoms with Crippen molar-refractivity contribution in [3.05, 3.63) is 71.0 Å².